The molecule has 1 aliphatic heterocycles. The van der Waals surface area contributed by atoms with E-state index in [1.54, 1.807) is 24.3 Å². The lowest BCUT2D eigenvalue weighted by Gasteiger charge is -2.31. The summed E-state index contributed by atoms with van der Waals surface area (Å²) in [6.45, 7) is 0.665. The Balaban J connectivity index is 1.54. The number of nitrogens with one attached hydrogen (secondary N) is 1. The molecule has 1 N–H and O–H groups in total. The van der Waals surface area contributed by atoms with Crippen LogP contribution in [0.3, 0.4) is 0 Å². The topological polar surface area (TPSA) is 75.7 Å². The van der Waals surface area contributed by atoms with Crippen LogP contribution in [-0.2, 0) is 21.2 Å². The summed E-state index contributed by atoms with van der Waals surface area (Å²) in [5.74, 6) is 0.0306. The van der Waals surface area contributed by atoms with Gasteiger partial charge < -0.3 is 10.1 Å². The van der Waals surface area contributed by atoms with E-state index in [1.807, 2.05) is 0 Å². The molecule has 3 rings (SSSR count). The third-order valence-corrected chi connectivity index (χ3v) is 6.68. The molecule has 0 saturated carbocycles. The number of piperidine rings is 1. The molecule has 1 amide bonds. The van der Waals surface area contributed by atoms with Crippen LogP contribution in [0.5, 0.6) is 5.75 Å². The van der Waals surface area contributed by atoms with Gasteiger partial charge in [-0.1, -0.05) is 12.1 Å². The molecule has 8 heteroatoms. The van der Waals surface area contributed by atoms with Gasteiger partial charge in [-0.3, -0.25) is 4.79 Å². The van der Waals surface area contributed by atoms with Crippen molar-refractivity contribution in [2.24, 2.45) is 0 Å². The Morgan fingerprint density at radius 3 is 2.46 bits per heavy atom. The van der Waals surface area contributed by atoms with Crippen LogP contribution < -0.4 is 10.1 Å². The van der Waals surface area contributed by atoms with E-state index in [0.29, 0.717) is 37.2 Å². The number of halogens is 1. The fourth-order valence-electron chi connectivity index (χ4n) is 3.25. The van der Waals surface area contributed by atoms with Gasteiger partial charge in [-0.25, -0.2) is 12.8 Å². The second-order valence-corrected chi connectivity index (χ2v) is 8.67. The zero-order valence-electron chi connectivity index (χ0n) is 15.6. The average Bonchev–Trinajstić information content (AvgIpc) is 2.68. The molecule has 0 unspecified atom stereocenters. The van der Waals surface area contributed by atoms with Gasteiger partial charge in [0, 0.05) is 19.1 Å². The smallest absolute Gasteiger partial charge is 0.243 e. The third kappa shape index (κ3) is 4.88. The molecule has 0 aromatic heterocycles. The van der Waals surface area contributed by atoms with Crippen LogP contribution in [0, 0.1) is 5.82 Å². The number of ether oxygens (including phenoxy) is 1. The first-order valence-corrected chi connectivity index (χ1v) is 10.5. The van der Waals surface area contributed by atoms with Gasteiger partial charge in [0.15, 0.2) is 0 Å². The predicted octanol–water partition coefficient (Wildman–Crippen LogP) is 2.35. The van der Waals surface area contributed by atoms with E-state index in [1.165, 1.54) is 35.7 Å². The maximum atomic E-state index is 13.2. The number of nitrogens with zero attached hydrogens (tertiary/aromatic N) is 1. The molecule has 2 aromatic carbocycles. The number of methoxy groups -OCH3 is 1. The van der Waals surface area contributed by atoms with E-state index in [0.717, 1.165) is 0 Å². The van der Waals surface area contributed by atoms with Gasteiger partial charge in [0.2, 0.25) is 15.9 Å². The number of sulfonamides is 1. The number of carbonyl (C=O) groups excluding carboxylic acids is 1. The summed E-state index contributed by atoms with van der Waals surface area (Å²) in [4.78, 5) is 12.4. The highest BCUT2D eigenvalue weighted by molar-refractivity contribution is 7.89. The van der Waals surface area contributed by atoms with Crippen molar-refractivity contribution in [2.45, 2.75) is 30.2 Å². The van der Waals surface area contributed by atoms with E-state index >= 15 is 0 Å². The van der Waals surface area contributed by atoms with Crippen molar-refractivity contribution in [3.05, 3.63) is 59.9 Å². The molecule has 0 radical (unpaired) electrons. The quantitative estimate of drug-likeness (QED) is 0.799. The summed E-state index contributed by atoms with van der Waals surface area (Å²) >= 11 is 0. The molecule has 0 bridgehead atoms. The second kappa shape index (κ2) is 8.70. The lowest BCUT2D eigenvalue weighted by Crippen LogP contribution is -2.46. The Bertz CT molecular complexity index is 923. The first kappa shape index (κ1) is 20.3. The maximum absolute atomic E-state index is 13.2. The summed E-state index contributed by atoms with van der Waals surface area (Å²) in [5.41, 5.74) is 0.608. The summed E-state index contributed by atoms with van der Waals surface area (Å²) in [6, 6.07) is 12.1. The molecule has 28 heavy (non-hydrogen) atoms. The van der Waals surface area contributed by atoms with Gasteiger partial charge in [0.05, 0.1) is 18.4 Å². The van der Waals surface area contributed by atoms with E-state index < -0.39 is 10.0 Å². The number of amides is 1. The molecule has 6 nitrogen and oxygen atoms in total. The van der Waals surface area contributed by atoms with Crippen molar-refractivity contribution in [3.63, 3.8) is 0 Å². The van der Waals surface area contributed by atoms with Crippen LogP contribution in [0.2, 0.25) is 0 Å². The Kier molecular flexibility index (Phi) is 6.31. The molecular weight excluding hydrogens is 383 g/mol. The normalized spacial score (nSPS) is 15.9. The van der Waals surface area contributed by atoms with Crippen LogP contribution in [0.25, 0.3) is 0 Å². The third-order valence-electron chi connectivity index (χ3n) is 4.77. The Morgan fingerprint density at radius 2 is 1.86 bits per heavy atom. The van der Waals surface area contributed by atoms with Crippen LogP contribution in [0.4, 0.5) is 4.39 Å². The molecule has 150 valence electrons. The van der Waals surface area contributed by atoms with Crippen molar-refractivity contribution in [2.75, 3.05) is 20.2 Å². The maximum Gasteiger partial charge on any atom is 0.243 e. The average molecular weight is 406 g/mol. The highest BCUT2D eigenvalue weighted by atomic mass is 32.2. The molecule has 0 aliphatic carbocycles. The fourth-order valence-corrected chi connectivity index (χ4v) is 4.72. The summed E-state index contributed by atoms with van der Waals surface area (Å²) in [5, 5.41) is 2.91. The van der Waals surface area contributed by atoms with Crippen LogP contribution >= 0.6 is 0 Å². The second-order valence-electron chi connectivity index (χ2n) is 6.73. The Hall–Kier alpha value is -2.45. The van der Waals surface area contributed by atoms with Gasteiger partial charge in [-0.15, -0.1) is 0 Å². The predicted molar refractivity (Wildman–Crippen MR) is 103 cm³/mol. The Morgan fingerprint density at radius 1 is 1.18 bits per heavy atom. The highest BCUT2D eigenvalue weighted by Crippen LogP contribution is 2.23. The van der Waals surface area contributed by atoms with Crippen LogP contribution in [-0.4, -0.2) is 44.9 Å². The number of hydrogen-bond acceptors (Lipinski definition) is 4. The number of carbonyl (C=O) groups is 1. The van der Waals surface area contributed by atoms with Crippen molar-refractivity contribution in [1.29, 1.82) is 0 Å². The lowest BCUT2D eigenvalue weighted by atomic mass is 10.1. The van der Waals surface area contributed by atoms with Crippen LogP contribution in [0.15, 0.2) is 53.4 Å². The van der Waals surface area contributed by atoms with Gasteiger partial charge in [-0.2, -0.15) is 4.31 Å². The van der Waals surface area contributed by atoms with E-state index in [2.05, 4.69) is 5.32 Å². The summed E-state index contributed by atoms with van der Waals surface area (Å²) in [6.07, 6.45) is 1.16. The SMILES string of the molecule is COc1ccc(S(=O)(=O)N2CCC(NC(=O)Cc3cccc(F)c3)CC2)cc1. The standard InChI is InChI=1S/C20H23FN2O4S/c1-27-18-5-7-19(8-6-18)28(25,26)23-11-9-17(10-12-23)22-20(24)14-15-3-2-4-16(21)13-15/h2-8,13,17H,9-12,14H2,1H3,(H,22,24). The first-order chi connectivity index (χ1) is 13.4. The number of benzene rings is 2. The molecular formula is C20H23FN2O4S. The molecule has 1 heterocycles. The van der Waals surface area contributed by atoms with Gasteiger partial charge >= 0.3 is 0 Å². The van der Waals surface area contributed by atoms with E-state index in [-0.39, 0.29) is 29.1 Å². The molecule has 1 fully saturated rings. The molecule has 2 aromatic rings. The van der Waals surface area contributed by atoms with Crippen molar-refractivity contribution in [1.82, 2.24) is 9.62 Å². The molecule has 0 spiro atoms. The summed E-state index contributed by atoms with van der Waals surface area (Å²) in [7, 11) is -2.04. The van der Waals surface area contributed by atoms with Gasteiger partial charge in [-0.05, 0) is 54.8 Å². The highest BCUT2D eigenvalue weighted by Gasteiger charge is 2.29. The first-order valence-electron chi connectivity index (χ1n) is 9.06. The molecule has 1 saturated heterocycles. The van der Waals surface area contributed by atoms with E-state index in [4.69, 9.17) is 4.74 Å². The molecule has 0 atom stereocenters. The number of rotatable bonds is 6. The molecule has 1 aliphatic rings. The largest absolute Gasteiger partial charge is 0.497 e. The minimum Gasteiger partial charge on any atom is -0.497 e. The Labute approximate surface area is 164 Å². The number of hydrogen-bond donors (Lipinski definition) is 1. The zero-order chi connectivity index (χ0) is 20.1. The fraction of sp³-hybridized carbons (Fsp3) is 0.350. The minimum absolute atomic E-state index is 0.0941. The van der Waals surface area contributed by atoms with Gasteiger partial charge in [0.25, 0.3) is 0 Å². The van der Waals surface area contributed by atoms with E-state index in [9.17, 15) is 17.6 Å². The minimum atomic E-state index is -3.57. The van der Waals surface area contributed by atoms with Crippen molar-refractivity contribution in [3.8, 4) is 5.75 Å². The lowest BCUT2D eigenvalue weighted by molar-refractivity contribution is -0.121. The summed E-state index contributed by atoms with van der Waals surface area (Å²) < 4.78 is 45.2. The van der Waals surface area contributed by atoms with Crippen LogP contribution in [0.1, 0.15) is 18.4 Å². The van der Waals surface area contributed by atoms with Crippen molar-refractivity contribution < 1.29 is 22.3 Å². The van der Waals surface area contributed by atoms with Crippen molar-refractivity contribution >= 4 is 15.9 Å². The van der Waals surface area contributed by atoms with Gasteiger partial charge in [0.1, 0.15) is 11.6 Å². The zero-order valence-corrected chi connectivity index (χ0v) is 16.4. The monoisotopic (exact) mass is 406 g/mol.